The molecule has 0 saturated carbocycles. The van der Waals surface area contributed by atoms with Gasteiger partial charge < -0.3 is 15.6 Å². The Morgan fingerprint density at radius 2 is 1.69 bits per heavy atom. The maximum absolute atomic E-state index is 10.7. The monoisotopic (exact) mass is 212 g/mol. The lowest BCUT2D eigenvalue weighted by atomic mass is 10.0. The van der Waals surface area contributed by atoms with Crippen molar-refractivity contribution in [3.8, 4) is 11.1 Å². The highest BCUT2D eigenvalue weighted by Gasteiger charge is 1.99. The molecule has 16 heavy (non-hydrogen) atoms. The van der Waals surface area contributed by atoms with Gasteiger partial charge in [0.25, 0.3) is 0 Å². The maximum Gasteiger partial charge on any atom is 0.0715 e. The molecule has 3 heteroatoms. The van der Waals surface area contributed by atoms with Crippen LogP contribution in [0.4, 0.5) is 5.69 Å². The highest BCUT2D eigenvalue weighted by atomic mass is 16.4. The fourth-order valence-corrected chi connectivity index (χ4v) is 1.50. The molecule has 0 atom stereocenters. The van der Waals surface area contributed by atoms with Crippen molar-refractivity contribution in [1.82, 2.24) is 0 Å². The zero-order chi connectivity index (χ0) is 11.5. The summed E-state index contributed by atoms with van der Waals surface area (Å²) in [6.45, 7) is 0. The number of benzene rings is 2. The van der Waals surface area contributed by atoms with Crippen molar-refractivity contribution in [1.29, 1.82) is 0 Å². The Labute approximate surface area is 93.1 Å². The summed E-state index contributed by atoms with van der Waals surface area (Å²) in [5.41, 5.74) is 8.20. The van der Waals surface area contributed by atoms with E-state index in [0.717, 1.165) is 11.1 Å². The zero-order valence-electron chi connectivity index (χ0n) is 8.51. The lowest BCUT2D eigenvalue weighted by Crippen LogP contribution is -2.22. The van der Waals surface area contributed by atoms with Gasteiger partial charge in [0.1, 0.15) is 0 Å². The average molecular weight is 212 g/mol. The van der Waals surface area contributed by atoms with Crippen LogP contribution in [0.1, 0.15) is 10.4 Å². The van der Waals surface area contributed by atoms with E-state index in [0.29, 0.717) is 5.69 Å². The SMILES string of the molecule is Nc1ccc(-c2cccc(C(=O)[O-])c2)cc1. The molecule has 2 N–H and O–H groups in total. The van der Waals surface area contributed by atoms with Gasteiger partial charge >= 0.3 is 0 Å². The summed E-state index contributed by atoms with van der Waals surface area (Å²) in [6, 6.07) is 13.9. The van der Waals surface area contributed by atoms with Crippen molar-refractivity contribution < 1.29 is 9.90 Å². The van der Waals surface area contributed by atoms with Gasteiger partial charge in [0.15, 0.2) is 0 Å². The predicted molar refractivity (Wildman–Crippen MR) is 60.6 cm³/mol. The molecule has 0 bridgehead atoms. The number of carbonyl (C=O) groups is 1. The Morgan fingerprint density at radius 1 is 1.00 bits per heavy atom. The molecule has 0 amide bonds. The van der Waals surface area contributed by atoms with E-state index in [9.17, 15) is 9.90 Å². The fourth-order valence-electron chi connectivity index (χ4n) is 1.50. The summed E-state index contributed by atoms with van der Waals surface area (Å²) in [7, 11) is 0. The second-order valence-electron chi connectivity index (χ2n) is 3.49. The zero-order valence-corrected chi connectivity index (χ0v) is 8.51. The third-order valence-electron chi connectivity index (χ3n) is 2.34. The molecule has 0 heterocycles. The minimum Gasteiger partial charge on any atom is -0.545 e. The van der Waals surface area contributed by atoms with Crippen LogP contribution in [-0.4, -0.2) is 5.97 Å². The molecule has 0 saturated heterocycles. The second kappa shape index (κ2) is 4.06. The van der Waals surface area contributed by atoms with Crippen LogP contribution in [0.2, 0.25) is 0 Å². The summed E-state index contributed by atoms with van der Waals surface area (Å²) in [6.07, 6.45) is 0. The topological polar surface area (TPSA) is 66.2 Å². The quantitative estimate of drug-likeness (QED) is 0.763. The van der Waals surface area contributed by atoms with Crippen LogP contribution in [0.15, 0.2) is 48.5 Å². The Morgan fingerprint density at radius 3 is 2.31 bits per heavy atom. The normalized spacial score (nSPS) is 10.0. The molecular weight excluding hydrogens is 202 g/mol. The van der Waals surface area contributed by atoms with Gasteiger partial charge in [-0.05, 0) is 34.9 Å². The van der Waals surface area contributed by atoms with Crippen molar-refractivity contribution >= 4 is 11.7 Å². The number of anilines is 1. The third-order valence-corrected chi connectivity index (χ3v) is 2.34. The largest absolute Gasteiger partial charge is 0.545 e. The van der Waals surface area contributed by atoms with E-state index in [2.05, 4.69) is 0 Å². The van der Waals surface area contributed by atoms with Gasteiger partial charge in [0, 0.05) is 5.69 Å². The van der Waals surface area contributed by atoms with Gasteiger partial charge in [0.05, 0.1) is 5.97 Å². The van der Waals surface area contributed by atoms with E-state index in [4.69, 9.17) is 5.73 Å². The smallest absolute Gasteiger partial charge is 0.0715 e. The first-order valence-electron chi connectivity index (χ1n) is 4.84. The lowest BCUT2D eigenvalue weighted by molar-refractivity contribution is -0.255. The Balaban J connectivity index is 2.44. The minimum absolute atomic E-state index is 0.175. The molecule has 2 rings (SSSR count). The second-order valence-corrected chi connectivity index (χ2v) is 3.49. The molecule has 0 unspecified atom stereocenters. The number of rotatable bonds is 2. The van der Waals surface area contributed by atoms with Crippen LogP contribution in [0.5, 0.6) is 0 Å². The molecule has 80 valence electrons. The number of hydrogen-bond acceptors (Lipinski definition) is 3. The van der Waals surface area contributed by atoms with Gasteiger partial charge in [-0.15, -0.1) is 0 Å². The number of hydrogen-bond donors (Lipinski definition) is 1. The van der Waals surface area contributed by atoms with E-state index < -0.39 is 5.97 Å². The summed E-state index contributed by atoms with van der Waals surface area (Å²) in [5, 5.41) is 10.7. The molecule has 0 aliphatic rings. The standard InChI is InChI=1S/C13H11NO2/c14-12-6-4-9(5-7-12)10-2-1-3-11(8-10)13(15)16/h1-8H,14H2,(H,15,16)/p-1. The number of aromatic carboxylic acids is 1. The van der Waals surface area contributed by atoms with E-state index in [1.807, 2.05) is 18.2 Å². The molecular formula is C13H10NO2-. The van der Waals surface area contributed by atoms with Crippen molar-refractivity contribution in [2.24, 2.45) is 0 Å². The van der Waals surface area contributed by atoms with Gasteiger partial charge in [-0.3, -0.25) is 0 Å². The van der Waals surface area contributed by atoms with E-state index in [-0.39, 0.29) is 5.56 Å². The predicted octanol–water partition coefficient (Wildman–Crippen LogP) is 1.30. The van der Waals surface area contributed by atoms with Crippen LogP contribution >= 0.6 is 0 Å². The molecule has 3 nitrogen and oxygen atoms in total. The molecule has 0 radical (unpaired) electrons. The van der Waals surface area contributed by atoms with Crippen LogP contribution in [-0.2, 0) is 0 Å². The van der Waals surface area contributed by atoms with E-state index >= 15 is 0 Å². The first-order chi connectivity index (χ1) is 7.66. The van der Waals surface area contributed by atoms with Gasteiger partial charge in [-0.1, -0.05) is 30.3 Å². The summed E-state index contributed by atoms with van der Waals surface area (Å²) in [5.74, 6) is -1.17. The van der Waals surface area contributed by atoms with E-state index in [1.165, 1.54) is 6.07 Å². The first-order valence-corrected chi connectivity index (χ1v) is 4.84. The van der Waals surface area contributed by atoms with Crippen LogP contribution in [0.3, 0.4) is 0 Å². The van der Waals surface area contributed by atoms with Crippen LogP contribution in [0.25, 0.3) is 11.1 Å². The van der Waals surface area contributed by atoms with Crippen LogP contribution in [0, 0.1) is 0 Å². The van der Waals surface area contributed by atoms with Crippen molar-refractivity contribution in [2.75, 3.05) is 5.73 Å². The number of carboxylic acid groups (broad SMARTS) is 1. The van der Waals surface area contributed by atoms with Crippen LogP contribution < -0.4 is 10.8 Å². The lowest BCUT2D eigenvalue weighted by Gasteiger charge is -2.06. The summed E-state index contributed by atoms with van der Waals surface area (Å²) < 4.78 is 0. The van der Waals surface area contributed by atoms with Crippen molar-refractivity contribution in [3.63, 3.8) is 0 Å². The fraction of sp³-hybridized carbons (Fsp3) is 0. The number of nitrogens with two attached hydrogens (primary N) is 1. The number of nitrogen functional groups attached to an aromatic ring is 1. The molecule has 0 aliphatic heterocycles. The maximum atomic E-state index is 10.7. The molecule has 0 fully saturated rings. The Bertz CT molecular complexity index is 518. The summed E-state index contributed by atoms with van der Waals surface area (Å²) in [4.78, 5) is 10.7. The summed E-state index contributed by atoms with van der Waals surface area (Å²) >= 11 is 0. The number of carboxylic acids is 1. The molecule has 0 aliphatic carbocycles. The number of carbonyl (C=O) groups excluding carboxylic acids is 1. The molecule has 0 spiro atoms. The van der Waals surface area contributed by atoms with Gasteiger partial charge in [-0.25, -0.2) is 0 Å². The Kier molecular flexibility index (Phi) is 2.60. The van der Waals surface area contributed by atoms with E-state index in [1.54, 1.807) is 24.3 Å². The molecule has 0 aromatic heterocycles. The average Bonchev–Trinajstić information content (AvgIpc) is 2.30. The highest BCUT2D eigenvalue weighted by molar-refractivity contribution is 5.87. The highest BCUT2D eigenvalue weighted by Crippen LogP contribution is 2.21. The minimum atomic E-state index is -1.17. The van der Waals surface area contributed by atoms with Gasteiger partial charge in [0.2, 0.25) is 0 Å². The Hall–Kier alpha value is -2.29. The third kappa shape index (κ3) is 2.03. The molecule has 2 aromatic rings. The molecule has 2 aromatic carbocycles. The first kappa shape index (κ1) is 10.2. The van der Waals surface area contributed by atoms with Gasteiger partial charge in [-0.2, -0.15) is 0 Å². The van der Waals surface area contributed by atoms with Crippen molar-refractivity contribution in [2.45, 2.75) is 0 Å². The van der Waals surface area contributed by atoms with Crippen molar-refractivity contribution in [3.05, 3.63) is 54.1 Å².